The van der Waals surface area contributed by atoms with Gasteiger partial charge in [0, 0.05) is 6.42 Å². The SMILES string of the molecule is O=C1OCCN1C(=O)[C@H]1C[C@H](c2ccccc2)N(c2ccccc2)O1. The summed E-state index contributed by atoms with van der Waals surface area (Å²) in [6.45, 7) is 0.515. The molecule has 2 aromatic carbocycles. The van der Waals surface area contributed by atoms with Crippen LogP contribution in [0.25, 0.3) is 0 Å². The fraction of sp³-hybridized carbons (Fsp3) is 0.263. The zero-order valence-corrected chi connectivity index (χ0v) is 13.6. The molecule has 0 N–H and O–H groups in total. The van der Waals surface area contributed by atoms with Crippen LogP contribution in [0, 0.1) is 0 Å². The summed E-state index contributed by atoms with van der Waals surface area (Å²) >= 11 is 0. The van der Waals surface area contributed by atoms with Crippen LogP contribution in [0.2, 0.25) is 0 Å². The van der Waals surface area contributed by atoms with E-state index in [0.29, 0.717) is 6.42 Å². The van der Waals surface area contributed by atoms with Gasteiger partial charge in [0.15, 0.2) is 6.10 Å². The Hall–Kier alpha value is -2.86. The summed E-state index contributed by atoms with van der Waals surface area (Å²) in [5.41, 5.74) is 1.93. The van der Waals surface area contributed by atoms with Gasteiger partial charge < -0.3 is 4.74 Å². The number of benzene rings is 2. The van der Waals surface area contributed by atoms with Gasteiger partial charge in [-0.25, -0.2) is 14.8 Å². The molecule has 2 aromatic rings. The molecule has 25 heavy (non-hydrogen) atoms. The van der Waals surface area contributed by atoms with Crippen LogP contribution < -0.4 is 5.06 Å². The molecule has 0 aliphatic carbocycles. The van der Waals surface area contributed by atoms with E-state index in [1.54, 1.807) is 5.06 Å². The lowest BCUT2D eigenvalue weighted by molar-refractivity contribution is -0.137. The average molecular weight is 338 g/mol. The van der Waals surface area contributed by atoms with E-state index in [1.807, 2.05) is 60.7 Å². The second kappa shape index (κ2) is 6.57. The van der Waals surface area contributed by atoms with Crippen LogP contribution in [0.4, 0.5) is 10.5 Å². The highest BCUT2D eigenvalue weighted by Gasteiger charge is 2.43. The first-order valence-electron chi connectivity index (χ1n) is 8.28. The van der Waals surface area contributed by atoms with Crippen molar-refractivity contribution in [3.8, 4) is 0 Å². The molecule has 2 saturated heterocycles. The standard InChI is InChI=1S/C19H18N2O4/c22-18(20-11-12-24-19(20)23)17-13-16(14-7-3-1-4-8-14)21(25-17)15-9-5-2-6-10-15/h1-10,16-17H,11-13H2/t16-,17-/m1/s1. The Balaban J connectivity index is 1.62. The van der Waals surface area contributed by atoms with E-state index in [2.05, 4.69) is 0 Å². The predicted octanol–water partition coefficient (Wildman–Crippen LogP) is 2.92. The highest BCUT2D eigenvalue weighted by molar-refractivity contribution is 5.95. The number of nitrogens with zero attached hydrogens (tertiary/aromatic N) is 2. The number of carbonyl (C=O) groups excluding carboxylic acids is 2. The number of rotatable bonds is 3. The Morgan fingerprint density at radius 3 is 2.32 bits per heavy atom. The second-order valence-corrected chi connectivity index (χ2v) is 6.02. The predicted molar refractivity (Wildman–Crippen MR) is 90.7 cm³/mol. The molecule has 2 fully saturated rings. The summed E-state index contributed by atoms with van der Waals surface area (Å²) in [4.78, 5) is 31.5. The highest BCUT2D eigenvalue weighted by Crippen LogP contribution is 2.38. The fourth-order valence-electron chi connectivity index (χ4n) is 3.23. The van der Waals surface area contributed by atoms with E-state index in [0.717, 1.165) is 16.2 Å². The molecule has 0 radical (unpaired) electrons. The molecule has 6 nitrogen and oxygen atoms in total. The van der Waals surface area contributed by atoms with Crippen LogP contribution >= 0.6 is 0 Å². The van der Waals surface area contributed by atoms with Crippen molar-refractivity contribution < 1.29 is 19.2 Å². The van der Waals surface area contributed by atoms with Crippen molar-refractivity contribution in [3.63, 3.8) is 0 Å². The molecule has 128 valence electrons. The summed E-state index contributed by atoms with van der Waals surface area (Å²) in [5, 5.41) is 1.76. The lowest BCUT2D eigenvalue weighted by atomic mass is 10.0. The first kappa shape index (κ1) is 15.7. The number of anilines is 1. The van der Waals surface area contributed by atoms with E-state index in [-0.39, 0.29) is 25.1 Å². The van der Waals surface area contributed by atoms with Gasteiger partial charge in [0.2, 0.25) is 0 Å². The first-order chi connectivity index (χ1) is 12.2. The number of para-hydroxylation sites is 1. The van der Waals surface area contributed by atoms with Crippen LogP contribution in [0.15, 0.2) is 60.7 Å². The van der Waals surface area contributed by atoms with Gasteiger partial charge in [-0.2, -0.15) is 0 Å². The number of hydrogen-bond donors (Lipinski definition) is 0. The minimum absolute atomic E-state index is 0.101. The van der Waals surface area contributed by atoms with E-state index in [9.17, 15) is 9.59 Å². The summed E-state index contributed by atoms with van der Waals surface area (Å²) in [6.07, 6.45) is -0.833. The van der Waals surface area contributed by atoms with E-state index in [4.69, 9.17) is 9.57 Å². The summed E-state index contributed by atoms with van der Waals surface area (Å²) in [5.74, 6) is -0.345. The molecular formula is C19H18N2O4. The van der Waals surface area contributed by atoms with Gasteiger partial charge in [-0.15, -0.1) is 0 Å². The quantitative estimate of drug-likeness (QED) is 0.861. The molecule has 2 atom stereocenters. The number of hydroxylamine groups is 1. The van der Waals surface area contributed by atoms with Crippen LogP contribution in [0.1, 0.15) is 18.0 Å². The minimum Gasteiger partial charge on any atom is -0.447 e. The number of hydrogen-bond acceptors (Lipinski definition) is 5. The largest absolute Gasteiger partial charge is 0.447 e. The third-order valence-electron chi connectivity index (χ3n) is 4.46. The Bertz CT molecular complexity index is 718. The molecule has 0 spiro atoms. The minimum atomic E-state index is -0.712. The molecule has 6 heteroatoms. The lowest BCUT2D eigenvalue weighted by Crippen LogP contribution is -2.40. The summed E-state index contributed by atoms with van der Waals surface area (Å²) < 4.78 is 4.87. The van der Waals surface area contributed by atoms with Crippen molar-refractivity contribution in [1.29, 1.82) is 0 Å². The smallest absolute Gasteiger partial charge is 0.416 e. The van der Waals surface area contributed by atoms with Crippen molar-refractivity contribution in [1.82, 2.24) is 4.90 Å². The number of carbonyl (C=O) groups is 2. The van der Waals surface area contributed by atoms with E-state index < -0.39 is 12.2 Å². The maximum Gasteiger partial charge on any atom is 0.416 e. The van der Waals surface area contributed by atoms with Crippen molar-refractivity contribution in [2.24, 2.45) is 0 Å². The molecule has 0 saturated carbocycles. The number of ether oxygens (including phenoxy) is 1. The van der Waals surface area contributed by atoms with Crippen molar-refractivity contribution >= 4 is 17.7 Å². The van der Waals surface area contributed by atoms with Gasteiger partial charge >= 0.3 is 6.09 Å². The average Bonchev–Trinajstić information content (AvgIpc) is 3.29. The third-order valence-corrected chi connectivity index (χ3v) is 4.46. The fourth-order valence-corrected chi connectivity index (χ4v) is 3.23. The Kier molecular flexibility index (Phi) is 4.11. The van der Waals surface area contributed by atoms with Gasteiger partial charge in [0.05, 0.1) is 18.3 Å². The van der Waals surface area contributed by atoms with Gasteiger partial charge in [-0.05, 0) is 17.7 Å². The number of cyclic esters (lactones) is 1. The number of imide groups is 1. The third kappa shape index (κ3) is 2.96. The van der Waals surface area contributed by atoms with Gasteiger partial charge in [-0.1, -0.05) is 48.5 Å². The summed E-state index contributed by atoms with van der Waals surface area (Å²) in [6, 6.07) is 19.5. The van der Waals surface area contributed by atoms with Crippen molar-refractivity contribution in [3.05, 3.63) is 66.2 Å². The second-order valence-electron chi connectivity index (χ2n) is 6.02. The lowest BCUT2D eigenvalue weighted by Gasteiger charge is -2.25. The van der Waals surface area contributed by atoms with Crippen LogP contribution in [0.5, 0.6) is 0 Å². The van der Waals surface area contributed by atoms with Gasteiger partial charge in [-0.3, -0.25) is 9.63 Å². The molecule has 0 unspecified atom stereocenters. The first-order valence-corrected chi connectivity index (χ1v) is 8.28. The molecule has 2 aliphatic rings. The summed E-state index contributed by atoms with van der Waals surface area (Å²) in [7, 11) is 0. The topological polar surface area (TPSA) is 59.1 Å². The zero-order valence-electron chi connectivity index (χ0n) is 13.6. The molecule has 4 rings (SSSR count). The normalized spacial score (nSPS) is 23.0. The Morgan fingerprint density at radius 1 is 1.00 bits per heavy atom. The van der Waals surface area contributed by atoms with Gasteiger partial charge in [0.25, 0.3) is 5.91 Å². The molecule has 2 aliphatic heterocycles. The molecule has 2 heterocycles. The van der Waals surface area contributed by atoms with Crippen LogP contribution in [-0.2, 0) is 14.4 Å². The monoisotopic (exact) mass is 338 g/mol. The molecule has 2 amide bonds. The van der Waals surface area contributed by atoms with Gasteiger partial charge in [0.1, 0.15) is 6.61 Å². The van der Waals surface area contributed by atoms with Crippen molar-refractivity contribution in [2.75, 3.05) is 18.2 Å². The van der Waals surface area contributed by atoms with Crippen LogP contribution in [-0.4, -0.2) is 36.2 Å². The Labute approximate surface area is 145 Å². The zero-order chi connectivity index (χ0) is 17.2. The van der Waals surface area contributed by atoms with Crippen LogP contribution in [0.3, 0.4) is 0 Å². The number of amides is 2. The van der Waals surface area contributed by atoms with Crippen molar-refractivity contribution in [2.45, 2.75) is 18.6 Å². The molecular weight excluding hydrogens is 320 g/mol. The molecule has 0 bridgehead atoms. The van der Waals surface area contributed by atoms with E-state index in [1.165, 1.54) is 0 Å². The maximum atomic E-state index is 12.7. The highest BCUT2D eigenvalue weighted by atomic mass is 16.7. The Morgan fingerprint density at radius 2 is 1.68 bits per heavy atom. The molecule has 0 aromatic heterocycles. The maximum absolute atomic E-state index is 12.7. The van der Waals surface area contributed by atoms with E-state index >= 15 is 0 Å².